The van der Waals surface area contributed by atoms with Gasteiger partial charge in [0.15, 0.2) is 5.82 Å². The number of aryl methyl sites for hydroxylation is 1. The summed E-state index contributed by atoms with van der Waals surface area (Å²) in [7, 11) is 0. The fourth-order valence-corrected chi connectivity index (χ4v) is 3.30. The molecule has 1 N–H and O–H groups in total. The van der Waals surface area contributed by atoms with E-state index in [9.17, 15) is 0 Å². The van der Waals surface area contributed by atoms with E-state index in [-0.39, 0.29) is 0 Å². The number of aromatic nitrogens is 3. The number of hydrogen-bond donors (Lipinski definition) is 1. The van der Waals surface area contributed by atoms with Crippen molar-refractivity contribution in [2.75, 3.05) is 6.54 Å². The zero-order valence-electron chi connectivity index (χ0n) is 12.2. The summed E-state index contributed by atoms with van der Waals surface area (Å²) in [6.07, 6.45) is 3.33. The van der Waals surface area contributed by atoms with Crippen LogP contribution in [0.2, 0.25) is 0 Å². The highest BCUT2D eigenvalue weighted by Gasteiger charge is 2.21. The lowest BCUT2D eigenvalue weighted by atomic mass is 10.1. The lowest BCUT2D eigenvalue weighted by Crippen LogP contribution is -2.38. The molecule has 3 rings (SSSR count). The minimum atomic E-state index is 0.415. The van der Waals surface area contributed by atoms with Crippen molar-refractivity contribution in [1.29, 1.82) is 0 Å². The third-order valence-electron chi connectivity index (χ3n) is 3.78. The van der Waals surface area contributed by atoms with Crippen molar-refractivity contribution < 1.29 is 0 Å². The molecule has 0 bridgehead atoms. The first-order valence-electron chi connectivity index (χ1n) is 7.42. The van der Waals surface area contributed by atoms with Gasteiger partial charge in [-0.3, -0.25) is 0 Å². The Morgan fingerprint density at radius 2 is 2.40 bits per heavy atom. The molecule has 2 aromatic heterocycles. The number of rotatable bonds is 5. The van der Waals surface area contributed by atoms with Gasteiger partial charge < -0.3 is 5.32 Å². The maximum absolute atomic E-state index is 4.63. The number of fused-ring (bicyclic) bond motifs is 1. The Hall–Kier alpha value is -1.20. The Morgan fingerprint density at radius 3 is 3.15 bits per heavy atom. The quantitative estimate of drug-likeness (QED) is 0.920. The SMILES string of the molecule is CC(C)c1nc2n(n1)C[C@@H](NCCc1cccs1)CC2. The number of nitrogens with zero attached hydrogens (tertiary/aromatic N) is 3. The van der Waals surface area contributed by atoms with Crippen molar-refractivity contribution in [3.63, 3.8) is 0 Å². The summed E-state index contributed by atoms with van der Waals surface area (Å²) < 4.78 is 2.10. The Labute approximate surface area is 124 Å². The molecule has 0 amide bonds. The molecule has 3 heterocycles. The average molecular weight is 290 g/mol. The van der Waals surface area contributed by atoms with Crippen LogP contribution in [0, 0.1) is 0 Å². The first-order valence-corrected chi connectivity index (χ1v) is 8.29. The zero-order valence-corrected chi connectivity index (χ0v) is 13.0. The van der Waals surface area contributed by atoms with E-state index in [1.165, 1.54) is 11.3 Å². The van der Waals surface area contributed by atoms with E-state index in [0.29, 0.717) is 12.0 Å². The maximum Gasteiger partial charge on any atom is 0.153 e. The van der Waals surface area contributed by atoms with Gasteiger partial charge >= 0.3 is 0 Å². The fraction of sp³-hybridized carbons (Fsp3) is 0.600. The second kappa shape index (κ2) is 6.06. The Bertz CT molecular complexity index is 544. The second-order valence-corrected chi connectivity index (χ2v) is 6.77. The lowest BCUT2D eigenvalue weighted by molar-refractivity contribution is 0.360. The van der Waals surface area contributed by atoms with Crippen LogP contribution in [0.5, 0.6) is 0 Å². The van der Waals surface area contributed by atoms with Gasteiger partial charge in [-0.1, -0.05) is 19.9 Å². The van der Waals surface area contributed by atoms with Crippen LogP contribution in [0.3, 0.4) is 0 Å². The van der Waals surface area contributed by atoms with Crippen LogP contribution in [0.25, 0.3) is 0 Å². The second-order valence-electron chi connectivity index (χ2n) is 5.74. The molecule has 0 aliphatic carbocycles. The molecule has 20 heavy (non-hydrogen) atoms. The van der Waals surface area contributed by atoms with E-state index in [4.69, 9.17) is 0 Å². The minimum Gasteiger partial charge on any atom is -0.312 e. The molecule has 2 aromatic rings. The van der Waals surface area contributed by atoms with Gasteiger partial charge in [0.2, 0.25) is 0 Å². The fourth-order valence-electron chi connectivity index (χ4n) is 2.59. The van der Waals surface area contributed by atoms with E-state index >= 15 is 0 Å². The van der Waals surface area contributed by atoms with Gasteiger partial charge in [0, 0.05) is 29.8 Å². The third-order valence-corrected chi connectivity index (χ3v) is 4.71. The summed E-state index contributed by atoms with van der Waals surface area (Å²) in [6.45, 7) is 6.31. The number of nitrogens with one attached hydrogen (secondary N) is 1. The monoisotopic (exact) mass is 290 g/mol. The van der Waals surface area contributed by atoms with Crippen LogP contribution >= 0.6 is 11.3 Å². The van der Waals surface area contributed by atoms with Gasteiger partial charge in [0.25, 0.3) is 0 Å². The summed E-state index contributed by atoms with van der Waals surface area (Å²) in [5.41, 5.74) is 0. The Morgan fingerprint density at radius 1 is 1.50 bits per heavy atom. The molecule has 0 spiro atoms. The lowest BCUT2D eigenvalue weighted by Gasteiger charge is -2.23. The van der Waals surface area contributed by atoms with Gasteiger partial charge in [-0.05, 0) is 24.3 Å². The van der Waals surface area contributed by atoms with E-state index in [1.807, 2.05) is 11.3 Å². The maximum atomic E-state index is 4.63. The molecule has 4 nitrogen and oxygen atoms in total. The van der Waals surface area contributed by atoms with Crippen molar-refractivity contribution in [3.8, 4) is 0 Å². The van der Waals surface area contributed by atoms with E-state index in [2.05, 4.69) is 51.4 Å². The molecule has 0 fully saturated rings. The van der Waals surface area contributed by atoms with Gasteiger partial charge in [-0.2, -0.15) is 5.10 Å². The van der Waals surface area contributed by atoms with Crippen LogP contribution in [0.1, 0.15) is 42.7 Å². The van der Waals surface area contributed by atoms with Crippen LogP contribution in [-0.2, 0) is 19.4 Å². The molecule has 108 valence electrons. The van der Waals surface area contributed by atoms with Crippen LogP contribution in [0.4, 0.5) is 0 Å². The van der Waals surface area contributed by atoms with Gasteiger partial charge in [0.05, 0.1) is 6.54 Å². The molecule has 1 aliphatic heterocycles. The van der Waals surface area contributed by atoms with Crippen LogP contribution in [0.15, 0.2) is 17.5 Å². The van der Waals surface area contributed by atoms with Gasteiger partial charge in [0.1, 0.15) is 5.82 Å². The molecule has 0 saturated carbocycles. The third kappa shape index (κ3) is 3.10. The van der Waals surface area contributed by atoms with Crippen molar-refractivity contribution in [2.24, 2.45) is 0 Å². The molecule has 0 aromatic carbocycles. The highest BCUT2D eigenvalue weighted by Crippen LogP contribution is 2.17. The predicted molar refractivity (Wildman–Crippen MR) is 82.2 cm³/mol. The number of thiophene rings is 1. The first-order chi connectivity index (χ1) is 9.72. The smallest absolute Gasteiger partial charge is 0.153 e. The summed E-state index contributed by atoms with van der Waals surface area (Å²) in [6, 6.07) is 4.86. The van der Waals surface area contributed by atoms with Crippen LogP contribution in [-0.4, -0.2) is 27.4 Å². The van der Waals surface area contributed by atoms with E-state index < -0.39 is 0 Å². The molecule has 0 unspecified atom stereocenters. The summed E-state index contributed by atoms with van der Waals surface area (Å²) >= 11 is 1.84. The molecular formula is C15H22N4S. The van der Waals surface area contributed by atoms with Crippen molar-refractivity contribution in [2.45, 2.75) is 51.6 Å². The first kappa shape index (κ1) is 13.8. The molecule has 0 radical (unpaired) electrons. The Balaban J connectivity index is 1.53. The van der Waals surface area contributed by atoms with Gasteiger partial charge in [-0.15, -0.1) is 11.3 Å². The van der Waals surface area contributed by atoms with E-state index in [1.54, 1.807) is 0 Å². The zero-order chi connectivity index (χ0) is 13.9. The molecule has 5 heteroatoms. The molecule has 1 aliphatic rings. The summed E-state index contributed by atoms with van der Waals surface area (Å²) in [4.78, 5) is 6.09. The summed E-state index contributed by atoms with van der Waals surface area (Å²) in [5.74, 6) is 2.56. The number of hydrogen-bond acceptors (Lipinski definition) is 4. The topological polar surface area (TPSA) is 42.7 Å². The van der Waals surface area contributed by atoms with E-state index in [0.717, 1.165) is 37.6 Å². The predicted octanol–water partition coefficient (Wildman–Crippen LogP) is 2.61. The molecule has 0 saturated heterocycles. The minimum absolute atomic E-state index is 0.415. The normalized spacial score (nSPS) is 18.4. The van der Waals surface area contributed by atoms with Crippen molar-refractivity contribution >= 4 is 11.3 Å². The standard InChI is InChI=1S/C15H22N4S/c1-11(2)15-17-14-6-5-12(10-19(14)18-15)16-8-7-13-4-3-9-20-13/h3-4,9,11-12,16H,5-8,10H2,1-2H3/t12-/m0/s1. The van der Waals surface area contributed by atoms with Gasteiger partial charge in [-0.25, -0.2) is 9.67 Å². The van der Waals surface area contributed by atoms with Crippen molar-refractivity contribution in [1.82, 2.24) is 20.1 Å². The summed E-state index contributed by atoms with van der Waals surface area (Å²) in [5, 5.41) is 10.4. The van der Waals surface area contributed by atoms with Crippen molar-refractivity contribution in [3.05, 3.63) is 34.0 Å². The largest absolute Gasteiger partial charge is 0.312 e. The molecule has 1 atom stereocenters. The highest BCUT2D eigenvalue weighted by molar-refractivity contribution is 7.09. The average Bonchev–Trinajstić information content (AvgIpc) is 3.06. The highest BCUT2D eigenvalue weighted by atomic mass is 32.1. The molecular weight excluding hydrogens is 268 g/mol. The Kier molecular flexibility index (Phi) is 4.17. The van der Waals surface area contributed by atoms with Crippen LogP contribution < -0.4 is 5.32 Å².